The molecule has 3 atom stereocenters. The van der Waals surface area contributed by atoms with Crippen molar-refractivity contribution >= 4 is 29.2 Å². The summed E-state index contributed by atoms with van der Waals surface area (Å²) in [4.78, 5) is 53.9. The van der Waals surface area contributed by atoms with E-state index in [0.29, 0.717) is 37.5 Å². The normalized spacial score (nSPS) is 18.1. The lowest BCUT2D eigenvalue weighted by Gasteiger charge is -2.41. The largest absolute Gasteiger partial charge is 0.344 e. The van der Waals surface area contributed by atoms with Gasteiger partial charge in [-0.15, -0.1) is 0 Å². The number of rotatable bonds is 11. The lowest BCUT2D eigenvalue weighted by atomic mass is 9.80. The van der Waals surface area contributed by atoms with E-state index >= 15 is 0 Å². The van der Waals surface area contributed by atoms with Gasteiger partial charge in [0, 0.05) is 70.3 Å². The molecule has 1 aliphatic carbocycles. The molecule has 10 heteroatoms. The van der Waals surface area contributed by atoms with E-state index in [4.69, 9.17) is 0 Å². The number of likely N-dealkylation sites (N-methyl/N-ethyl adjacent to an activating group) is 1. The van der Waals surface area contributed by atoms with Crippen LogP contribution in [0.1, 0.15) is 80.9 Å². The second kappa shape index (κ2) is 18.5. The van der Waals surface area contributed by atoms with E-state index in [2.05, 4.69) is 39.8 Å². The molecule has 2 heterocycles. The van der Waals surface area contributed by atoms with Crippen LogP contribution in [0.15, 0.2) is 66.9 Å². The van der Waals surface area contributed by atoms with Gasteiger partial charge in [0.2, 0.25) is 17.7 Å². The van der Waals surface area contributed by atoms with E-state index in [1.807, 2.05) is 54.3 Å². The van der Waals surface area contributed by atoms with E-state index < -0.39 is 6.04 Å². The highest BCUT2D eigenvalue weighted by Crippen LogP contribution is 2.30. The number of amides is 3. The molecule has 2 aromatic carbocycles. The summed E-state index contributed by atoms with van der Waals surface area (Å²) in [5, 5.41) is 9.88. The number of carbonyl (C=O) groups excluding carboxylic acids is 4. The number of benzene rings is 2. The SMILES string of the molecule is CC(=O)c1ccnn1C.CCC(=O)NC(Cc1ccc(NC(=O)[C@@H](C)C2CCCCC2)cc1)C(=O)N1CCN(C)C(Cc2ccccc2)C1. The third-order valence-corrected chi connectivity index (χ3v) is 9.97. The molecule has 10 nitrogen and oxygen atoms in total. The minimum atomic E-state index is -0.625. The van der Waals surface area contributed by atoms with Gasteiger partial charge in [0.05, 0.1) is 0 Å². The number of Topliss-reactive ketones (excluding diaryl/α,β-unsaturated/α-hetero) is 1. The smallest absolute Gasteiger partial charge is 0.245 e. The molecular weight excluding hydrogens is 616 g/mol. The van der Waals surface area contributed by atoms with Gasteiger partial charge >= 0.3 is 0 Å². The molecule has 49 heavy (non-hydrogen) atoms. The minimum absolute atomic E-state index is 0.000499. The van der Waals surface area contributed by atoms with Gasteiger partial charge in [-0.05, 0) is 61.6 Å². The monoisotopic (exact) mass is 670 g/mol. The molecule has 2 fully saturated rings. The number of nitrogens with one attached hydrogen (secondary N) is 2. The first-order chi connectivity index (χ1) is 23.5. The van der Waals surface area contributed by atoms with E-state index in [-0.39, 0.29) is 35.5 Å². The van der Waals surface area contributed by atoms with Crippen molar-refractivity contribution < 1.29 is 19.2 Å². The van der Waals surface area contributed by atoms with Crippen LogP contribution in [0, 0.1) is 11.8 Å². The lowest BCUT2D eigenvalue weighted by molar-refractivity contribution is -0.138. The van der Waals surface area contributed by atoms with Gasteiger partial charge in [0.1, 0.15) is 11.7 Å². The molecule has 0 spiro atoms. The average molecular weight is 671 g/mol. The van der Waals surface area contributed by atoms with Crippen LogP contribution >= 0.6 is 0 Å². The molecule has 1 aliphatic heterocycles. The molecule has 5 rings (SSSR count). The number of anilines is 1. The first-order valence-corrected chi connectivity index (χ1v) is 17.8. The van der Waals surface area contributed by atoms with Gasteiger partial charge in [0.25, 0.3) is 0 Å². The Labute approximate surface area is 291 Å². The quantitative estimate of drug-likeness (QED) is 0.268. The van der Waals surface area contributed by atoms with Crippen LogP contribution in [-0.4, -0.2) is 81.9 Å². The Bertz CT molecular complexity index is 1520. The Morgan fingerprint density at radius 3 is 2.18 bits per heavy atom. The maximum Gasteiger partial charge on any atom is 0.245 e. The number of nitrogens with zero attached hydrogens (tertiary/aromatic N) is 4. The molecular formula is C39H54N6O4. The highest BCUT2D eigenvalue weighted by Gasteiger charge is 2.32. The molecule has 1 aromatic heterocycles. The maximum atomic E-state index is 13.7. The van der Waals surface area contributed by atoms with E-state index in [0.717, 1.165) is 37.1 Å². The average Bonchev–Trinajstić information content (AvgIpc) is 3.56. The highest BCUT2D eigenvalue weighted by molar-refractivity contribution is 5.93. The first kappa shape index (κ1) is 37.5. The van der Waals surface area contributed by atoms with Crippen molar-refractivity contribution in [3.05, 3.63) is 83.7 Å². The second-order valence-corrected chi connectivity index (χ2v) is 13.6. The minimum Gasteiger partial charge on any atom is -0.344 e. The summed E-state index contributed by atoms with van der Waals surface area (Å²) in [6, 6.07) is 19.3. The molecule has 1 saturated carbocycles. The third-order valence-electron chi connectivity index (χ3n) is 9.97. The van der Waals surface area contributed by atoms with Gasteiger partial charge in [-0.2, -0.15) is 5.10 Å². The fourth-order valence-electron chi connectivity index (χ4n) is 6.75. The fraction of sp³-hybridized carbons (Fsp3) is 0.513. The topological polar surface area (TPSA) is 117 Å². The molecule has 2 aliphatic rings. The van der Waals surface area contributed by atoms with Crippen molar-refractivity contribution in [1.82, 2.24) is 24.9 Å². The van der Waals surface area contributed by atoms with Crippen LogP contribution in [0.4, 0.5) is 5.69 Å². The molecule has 3 aromatic rings. The van der Waals surface area contributed by atoms with Crippen molar-refractivity contribution in [2.75, 3.05) is 32.0 Å². The number of hydrogen-bond donors (Lipinski definition) is 2. The second-order valence-electron chi connectivity index (χ2n) is 13.6. The first-order valence-electron chi connectivity index (χ1n) is 17.8. The van der Waals surface area contributed by atoms with Gasteiger partial charge in [0.15, 0.2) is 5.78 Å². The highest BCUT2D eigenvalue weighted by atomic mass is 16.2. The summed E-state index contributed by atoms with van der Waals surface area (Å²) < 4.78 is 1.56. The summed E-state index contributed by atoms with van der Waals surface area (Å²) in [5.74, 6) is 0.419. The van der Waals surface area contributed by atoms with Crippen LogP contribution in [0.2, 0.25) is 0 Å². The number of aromatic nitrogens is 2. The van der Waals surface area contributed by atoms with E-state index in [1.54, 1.807) is 30.9 Å². The molecule has 2 unspecified atom stereocenters. The van der Waals surface area contributed by atoms with Crippen LogP contribution in [0.3, 0.4) is 0 Å². The van der Waals surface area contributed by atoms with Gasteiger partial charge in [-0.1, -0.05) is 75.6 Å². The van der Waals surface area contributed by atoms with Crippen LogP contribution in [0.25, 0.3) is 0 Å². The Hall–Kier alpha value is -4.31. The van der Waals surface area contributed by atoms with Crippen molar-refractivity contribution in [2.24, 2.45) is 18.9 Å². The predicted octanol–water partition coefficient (Wildman–Crippen LogP) is 5.29. The standard InChI is InChI=1S/C33H46N4O3.C6H8N2O/c1-4-31(38)35-30(33(40)37-20-19-36(3)29(23-37)21-25-11-7-5-8-12-25)22-26-15-17-28(18-16-26)34-32(39)24(2)27-13-9-6-10-14-27;1-5(9)6-3-4-7-8(6)2/h5,7-8,11-12,15-18,24,27,29-30H,4,6,9-10,13-14,19-23H2,1-3H3,(H,34,39)(H,35,38);3-4H,1-2H3/t24-,29?,30?;/m0./s1. The van der Waals surface area contributed by atoms with Gasteiger partial charge in [-0.25, -0.2) is 0 Å². The zero-order valence-electron chi connectivity index (χ0n) is 29.9. The van der Waals surface area contributed by atoms with Crippen molar-refractivity contribution in [3.8, 4) is 0 Å². The summed E-state index contributed by atoms with van der Waals surface area (Å²) >= 11 is 0. The number of aryl methyl sites for hydroxylation is 1. The summed E-state index contributed by atoms with van der Waals surface area (Å²) in [5.41, 5.74) is 3.61. The lowest BCUT2D eigenvalue weighted by Crippen LogP contribution is -2.58. The number of ketones is 1. The predicted molar refractivity (Wildman–Crippen MR) is 193 cm³/mol. The van der Waals surface area contributed by atoms with Crippen molar-refractivity contribution in [1.29, 1.82) is 0 Å². The number of hydrogen-bond acceptors (Lipinski definition) is 6. The molecule has 2 N–H and O–H groups in total. The Kier molecular flexibility index (Phi) is 14.1. The maximum absolute atomic E-state index is 13.7. The summed E-state index contributed by atoms with van der Waals surface area (Å²) in [7, 11) is 3.86. The van der Waals surface area contributed by atoms with Gasteiger partial charge < -0.3 is 15.5 Å². The van der Waals surface area contributed by atoms with Crippen LogP contribution in [0.5, 0.6) is 0 Å². The molecule has 264 valence electrons. The molecule has 0 bridgehead atoms. The Balaban J connectivity index is 0.000000520. The fourth-order valence-corrected chi connectivity index (χ4v) is 6.75. The van der Waals surface area contributed by atoms with E-state index in [1.165, 1.54) is 31.7 Å². The number of carbonyl (C=O) groups is 4. The van der Waals surface area contributed by atoms with Crippen molar-refractivity contribution in [3.63, 3.8) is 0 Å². The van der Waals surface area contributed by atoms with Crippen LogP contribution in [-0.2, 0) is 34.3 Å². The Morgan fingerprint density at radius 1 is 0.898 bits per heavy atom. The van der Waals surface area contributed by atoms with Crippen molar-refractivity contribution in [2.45, 2.75) is 84.2 Å². The summed E-state index contributed by atoms with van der Waals surface area (Å²) in [6.07, 6.45) is 9.19. The third kappa shape index (κ3) is 11.1. The summed E-state index contributed by atoms with van der Waals surface area (Å²) in [6.45, 7) is 7.43. The Morgan fingerprint density at radius 2 is 1.59 bits per heavy atom. The molecule has 0 radical (unpaired) electrons. The van der Waals surface area contributed by atoms with Crippen LogP contribution < -0.4 is 10.6 Å². The zero-order chi connectivity index (χ0) is 35.3. The molecule has 3 amide bonds. The van der Waals surface area contributed by atoms with Gasteiger partial charge in [-0.3, -0.25) is 28.8 Å². The number of piperazine rings is 1. The molecule has 1 saturated heterocycles. The zero-order valence-corrected chi connectivity index (χ0v) is 29.9. The van der Waals surface area contributed by atoms with E-state index in [9.17, 15) is 19.2 Å².